The van der Waals surface area contributed by atoms with Crippen LogP contribution in [0, 0.1) is 5.82 Å². The number of amides is 1. The molecule has 2 N–H and O–H groups in total. The Labute approximate surface area is 182 Å². The topological polar surface area (TPSA) is 92.7 Å². The Kier molecular flexibility index (Phi) is 7.29. The summed E-state index contributed by atoms with van der Waals surface area (Å²) in [6, 6.07) is 13.6. The van der Waals surface area contributed by atoms with Crippen LogP contribution in [-0.4, -0.2) is 29.9 Å². The number of halogens is 2. The normalized spacial score (nSPS) is 11.0. The van der Waals surface area contributed by atoms with Crippen LogP contribution in [0.5, 0.6) is 0 Å². The largest absolute Gasteiger partial charge is 0.465 e. The van der Waals surface area contributed by atoms with E-state index in [-0.39, 0.29) is 17.5 Å². The quantitative estimate of drug-likeness (QED) is 0.354. The highest BCUT2D eigenvalue weighted by molar-refractivity contribution is 6.31. The van der Waals surface area contributed by atoms with Crippen LogP contribution in [0.1, 0.15) is 26.3 Å². The molecule has 158 valence electrons. The lowest BCUT2D eigenvalue weighted by molar-refractivity contribution is 0.0600. The summed E-state index contributed by atoms with van der Waals surface area (Å²) in [5.41, 5.74) is 1.90. The fourth-order valence-corrected chi connectivity index (χ4v) is 2.72. The summed E-state index contributed by atoms with van der Waals surface area (Å²) in [7, 11) is 1.28. The number of nitrogens with one attached hydrogen (secondary N) is 2. The molecule has 0 bridgehead atoms. The van der Waals surface area contributed by atoms with Crippen molar-refractivity contribution in [1.29, 1.82) is 0 Å². The van der Waals surface area contributed by atoms with Crippen molar-refractivity contribution < 1.29 is 18.7 Å². The Morgan fingerprint density at radius 3 is 2.52 bits per heavy atom. The third kappa shape index (κ3) is 6.10. The van der Waals surface area contributed by atoms with Crippen LogP contribution >= 0.6 is 11.6 Å². The van der Waals surface area contributed by atoms with Gasteiger partial charge in [-0.2, -0.15) is 0 Å². The molecule has 1 aromatic heterocycles. The number of esters is 1. The zero-order valence-corrected chi connectivity index (χ0v) is 17.2. The van der Waals surface area contributed by atoms with E-state index in [2.05, 4.69) is 25.3 Å². The van der Waals surface area contributed by atoms with Crippen molar-refractivity contribution in [1.82, 2.24) is 10.3 Å². The number of anilines is 1. The van der Waals surface area contributed by atoms with Crippen molar-refractivity contribution in [3.05, 3.63) is 94.5 Å². The minimum atomic E-state index is -0.559. The number of ether oxygens (including phenoxy) is 1. The molecule has 1 heterocycles. The molecule has 2 aromatic carbocycles. The number of methoxy groups -OCH3 is 1. The zero-order chi connectivity index (χ0) is 22.2. The first-order valence-corrected chi connectivity index (χ1v) is 9.49. The minimum absolute atomic E-state index is 0.0682. The second kappa shape index (κ2) is 10.3. The smallest absolute Gasteiger partial charge is 0.337 e. The number of aromatic nitrogens is 1. The van der Waals surface area contributed by atoms with Gasteiger partial charge in [0, 0.05) is 23.6 Å². The van der Waals surface area contributed by atoms with Crippen LogP contribution in [0.4, 0.5) is 10.1 Å². The molecule has 0 fully saturated rings. The summed E-state index contributed by atoms with van der Waals surface area (Å²) < 4.78 is 18.1. The third-order valence-electron chi connectivity index (χ3n) is 4.12. The van der Waals surface area contributed by atoms with Crippen molar-refractivity contribution in [2.24, 2.45) is 4.99 Å². The average molecular weight is 441 g/mol. The van der Waals surface area contributed by atoms with Gasteiger partial charge in [-0.1, -0.05) is 17.7 Å². The minimum Gasteiger partial charge on any atom is -0.465 e. The van der Waals surface area contributed by atoms with Crippen LogP contribution in [0.25, 0.3) is 0 Å². The summed E-state index contributed by atoms with van der Waals surface area (Å²) >= 11 is 5.84. The van der Waals surface area contributed by atoms with Gasteiger partial charge in [-0.15, -0.1) is 0 Å². The predicted molar refractivity (Wildman–Crippen MR) is 116 cm³/mol. The lowest BCUT2D eigenvalue weighted by atomic mass is 10.1. The van der Waals surface area contributed by atoms with Crippen molar-refractivity contribution in [2.45, 2.75) is 6.54 Å². The first-order valence-electron chi connectivity index (χ1n) is 9.11. The molecular weight excluding hydrogens is 423 g/mol. The lowest BCUT2D eigenvalue weighted by Crippen LogP contribution is -2.36. The summed E-state index contributed by atoms with van der Waals surface area (Å²) in [4.78, 5) is 32.7. The van der Waals surface area contributed by atoms with Gasteiger partial charge in [-0.05, 0) is 54.1 Å². The molecule has 9 heteroatoms. The third-order valence-corrected chi connectivity index (χ3v) is 4.41. The molecule has 0 aliphatic rings. The Morgan fingerprint density at radius 1 is 1.13 bits per heavy atom. The van der Waals surface area contributed by atoms with Crippen molar-refractivity contribution in [3.8, 4) is 0 Å². The van der Waals surface area contributed by atoms with Crippen molar-refractivity contribution in [2.75, 3.05) is 12.4 Å². The van der Waals surface area contributed by atoms with Gasteiger partial charge in [-0.3, -0.25) is 15.1 Å². The van der Waals surface area contributed by atoms with E-state index in [1.54, 1.807) is 18.5 Å². The van der Waals surface area contributed by atoms with Gasteiger partial charge >= 0.3 is 5.97 Å². The molecule has 0 saturated heterocycles. The molecule has 3 aromatic rings. The van der Waals surface area contributed by atoms with Crippen LogP contribution in [0.2, 0.25) is 5.02 Å². The van der Waals surface area contributed by atoms with E-state index in [1.807, 2.05) is 6.07 Å². The van der Waals surface area contributed by atoms with E-state index in [1.165, 1.54) is 49.6 Å². The molecule has 0 aliphatic heterocycles. The van der Waals surface area contributed by atoms with E-state index in [0.717, 1.165) is 5.56 Å². The Hall–Kier alpha value is -3.78. The van der Waals surface area contributed by atoms with Gasteiger partial charge in [0.05, 0.1) is 24.2 Å². The Bertz CT molecular complexity index is 1110. The van der Waals surface area contributed by atoms with Gasteiger partial charge in [-0.25, -0.2) is 14.2 Å². The highest BCUT2D eigenvalue weighted by atomic mass is 35.5. The zero-order valence-electron chi connectivity index (χ0n) is 16.4. The molecule has 31 heavy (non-hydrogen) atoms. The van der Waals surface area contributed by atoms with E-state index in [0.29, 0.717) is 16.8 Å². The fourth-order valence-electron chi connectivity index (χ4n) is 2.54. The molecule has 3 rings (SSSR count). The maximum atomic E-state index is 13.5. The SMILES string of the molecule is COC(=O)c1ccc(C(=O)NC(=NCc2cccnc2)Nc2ccc(F)c(Cl)c2)cc1. The predicted octanol–water partition coefficient (Wildman–Crippen LogP) is 4.06. The number of rotatable bonds is 5. The van der Waals surface area contributed by atoms with Crippen LogP contribution in [0.15, 0.2) is 72.0 Å². The molecule has 0 radical (unpaired) electrons. The first kappa shape index (κ1) is 21.9. The number of nitrogens with zero attached hydrogens (tertiary/aromatic N) is 2. The monoisotopic (exact) mass is 440 g/mol. The number of guanidine groups is 1. The van der Waals surface area contributed by atoms with E-state index >= 15 is 0 Å². The number of benzene rings is 2. The summed E-state index contributed by atoms with van der Waals surface area (Å²) in [5, 5.41) is 5.54. The molecule has 0 atom stereocenters. The standard InChI is InChI=1S/C22H18ClFN4O3/c1-31-21(30)16-6-4-15(5-7-16)20(29)28-22(26-13-14-3-2-10-25-12-14)27-17-8-9-19(24)18(23)11-17/h2-12H,13H2,1H3,(H2,26,27,28,29). The molecule has 0 saturated carbocycles. The van der Waals surface area contributed by atoms with Crippen molar-refractivity contribution >= 4 is 35.1 Å². The van der Waals surface area contributed by atoms with Gasteiger partial charge < -0.3 is 10.1 Å². The second-order valence-electron chi connectivity index (χ2n) is 6.30. The molecule has 1 amide bonds. The first-order chi connectivity index (χ1) is 15.0. The van der Waals surface area contributed by atoms with Crippen LogP contribution in [0.3, 0.4) is 0 Å². The molecule has 0 spiro atoms. The molecule has 7 nitrogen and oxygen atoms in total. The van der Waals surface area contributed by atoms with Crippen LogP contribution in [-0.2, 0) is 11.3 Å². The number of carbonyl (C=O) groups excluding carboxylic acids is 2. The molecular formula is C22H18ClFN4O3. The second-order valence-corrected chi connectivity index (χ2v) is 6.71. The van der Waals surface area contributed by atoms with E-state index < -0.39 is 17.7 Å². The van der Waals surface area contributed by atoms with E-state index in [4.69, 9.17) is 11.6 Å². The maximum absolute atomic E-state index is 13.5. The highest BCUT2D eigenvalue weighted by Crippen LogP contribution is 2.19. The summed E-state index contributed by atoms with van der Waals surface area (Å²) in [5.74, 6) is -1.38. The summed E-state index contributed by atoms with van der Waals surface area (Å²) in [6.07, 6.45) is 3.30. The van der Waals surface area contributed by atoms with Crippen LogP contribution < -0.4 is 10.6 Å². The average Bonchev–Trinajstić information content (AvgIpc) is 2.80. The number of aliphatic imine (C=N–C) groups is 1. The lowest BCUT2D eigenvalue weighted by Gasteiger charge is -2.12. The maximum Gasteiger partial charge on any atom is 0.337 e. The Morgan fingerprint density at radius 2 is 1.87 bits per heavy atom. The highest BCUT2D eigenvalue weighted by Gasteiger charge is 2.12. The van der Waals surface area contributed by atoms with Gasteiger partial charge in [0.2, 0.25) is 5.96 Å². The molecule has 0 unspecified atom stereocenters. The summed E-state index contributed by atoms with van der Waals surface area (Å²) in [6.45, 7) is 0.243. The van der Waals surface area contributed by atoms with Crippen molar-refractivity contribution in [3.63, 3.8) is 0 Å². The number of carbonyl (C=O) groups is 2. The molecule has 0 aliphatic carbocycles. The van der Waals surface area contributed by atoms with E-state index in [9.17, 15) is 14.0 Å². The van der Waals surface area contributed by atoms with Gasteiger partial charge in [0.25, 0.3) is 5.91 Å². The number of hydrogen-bond acceptors (Lipinski definition) is 5. The Balaban J connectivity index is 1.80. The number of pyridine rings is 1. The van der Waals surface area contributed by atoms with Gasteiger partial charge in [0.1, 0.15) is 5.82 Å². The van der Waals surface area contributed by atoms with Gasteiger partial charge in [0.15, 0.2) is 0 Å². The number of hydrogen-bond donors (Lipinski definition) is 2. The fraction of sp³-hybridized carbons (Fsp3) is 0.0909.